The third-order valence-electron chi connectivity index (χ3n) is 7.23. The van der Waals surface area contributed by atoms with Crippen LogP contribution in [0.1, 0.15) is 34.1 Å². The molecule has 21 nitrogen and oxygen atoms in total. The Bertz CT molecular complexity index is 1230. The highest BCUT2D eigenvalue weighted by Crippen LogP contribution is 2.23. The van der Waals surface area contributed by atoms with Crippen molar-refractivity contribution >= 4 is 50.7 Å². The lowest BCUT2D eigenvalue weighted by Gasteiger charge is -2.28. The Labute approximate surface area is 313 Å². The van der Waals surface area contributed by atoms with Crippen molar-refractivity contribution in [3.05, 3.63) is 0 Å². The van der Waals surface area contributed by atoms with Crippen LogP contribution in [-0.4, -0.2) is 157 Å². The van der Waals surface area contributed by atoms with Crippen LogP contribution in [0.25, 0.3) is 0 Å². The van der Waals surface area contributed by atoms with E-state index in [1.54, 1.807) is 6.55 Å². The molecule has 4 atom stereocenters. The summed E-state index contributed by atoms with van der Waals surface area (Å²) >= 11 is 0. The van der Waals surface area contributed by atoms with E-state index in [0.29, 0.717) is 12.5 Å². The topological polar surface area (TPSA) is 249 Å². The molecule has 0 bridgehead atoms. The van der Waals surface area contributed by atoms with Crippen molar-refractivity contribution in [1.82, 2.24) is 0 Å². The molecule has 54 heavy (non-hydrogen) atoms. The van der Waals surface area contributed by atoms with Gasteiger partial charge in [-0.25, -0.2) is 14.4 Å². The molecule has 0 radical (unpaired) electrons. The Morgan fingerprint density at radius 1 is 0.704 bits per heavy atom. The normalized spacial score (nSPS) is 16.9. The summed E-state index contributed by atoms with van der Waals surface area (Å²) in [4.78, 5) is 84.0. The van der Waals surface area contributed by atoms with Crippen molar-refractivity contribution < 1.29 is 99.6 Å². The molecule has 1 heterocycles. The zero-order valence-electron chi connectivity index (χ0n) is 31.8. The number of carbonyl (C=O) groups is 7. The first kappa shape index (κ1) is 47.8. The number of hydrogen-bond donors (Lipinski definition) is 0. The molecule has 1 aliphatic heterocycles. The van der Waals surface area contributed by atoms with Crippen LogP contribution in [0.2, 0.25) is 12.6 Å². The molecule has 1 aliphatic rings. The maximum Gasteiger partial charge on any atom is 0.510 e. The van der Waals surface area contributed by atoms with Crippen LogP contribution in [0.4, 0.5) is 14.4 Å². The number of cyclic esters (lactones) is 2. The minimum Gasteiger partial charge on any atom is -0.465 e. The van der Waals surface area contributed by atoms with Crippen LogP contribution in [-0.2, 0) is 85.2 Å². The van der Waals surface area contributed by atoms with Crippen molar-refractivity contribution in [2.24, 2.45) is 10.8 Å². The summed E-state index contributed by atoms with van der Waals surface area (Å²) in [7, 11) is -0.155. The van der Waals surface area contributed by atoms with Crippen LogP contribution in [0.15, 0.2) is 0 Å². The van der Waals surface area contributed by atoms with Gasteiger partial charge < -0.3 is 66.0 Å². The van der Waals surface area contributed by atoms with Crippen LogP contribution >= 0.6 is 0 Å². The monoisotopic (exact) mass is 800 g/mol. The maximum absolute atomic E-state index is 13.0. The number of rotatable bonds is 27. The van der Waals surface area contributed by atoms with Crippen LogP contribution < -0.4 is 0 Å². The van der Waals surface area contributed by atoms with Gasteiger partial charge in [-0.05, 0) is 32.9 Å². The first-order valence-electron chi connectivity index (χ1n) is 16.7. The van der Waals surface area contributed by atoms with Crippen LogP contribution in [0, 0.1) is 10.8 Å². The van der Waals surface area contributed by atoms with Gasteiger partial charge in [-0.3, -0.25) is 19.2 Å². The average Bonchev–Trinajstić information content (AvgIpc) is 3.54. The van der Waals surface area contributed by atoms with E-state index in [1.165, 1.54) is 35.0 Å². The Hall–Kier alpha value is -4.25. The molecule has 1 fully saturated rings. The number of carbonyl (C=O) groups excluding carboxylic acids is 7. The summed E-state index contributed by atoms with van der Waals surface area (Å²) in [6.45, 7) is 4.31. The SMILES string of the molecule is COCCOC(=O)OC[Si](C)(CCCOCC1COC(=O)O1)OCOC(=O)OCC(C)(COC(C)=O)C(=O)OCCOC(=O)C(C)(COC)COC(C)=O. The molecule has 1 saturated heterocycles. The van der Waals surface area contributed by atoms with Gasteiger partial charge in [-0.15, -0.1) is 0 Å². The zero-order valence-corrected chi connectivity index (χ0v) is 32.8. The largest absolute Gasteiger partial charge is 0.510 e. The summed E-state index contributed by atoms with van der Waals surface area (Å²) < 4.78 is 71.5. The molecule has 0 aromatic heterocycles. The Morgan fingerprint density at radius 3 is 1.80 bits per heavy atom. The van der Waals surface area contributed by atoms with Gasteiger partial charge >= 0.3 is 42.3 Å². The Balaban J connectivity index is 2.71. The fourth-order valence-corrected chi connectivity index (χ4v) is 6.14. The van der Waals surface area contributed by atoms with Gasteiger partial charge in [-0.1, -0.05) is 0 Å². The van der Waals surface area contributed by atoms with E-state index in [9.17, 15) is 33.6 Å². The molecule has 0 aromatic rings. The third kappa shape index (κ3) is 19.7. The third-order valence-corrected chi connectivity index (χ3v) is 10.2. The van der Waals surface area contributed by atoms with Crippen LogP contribution in [0.5, 0.6) is 0 Å². The summed E-state index contributed by atoms with van der Waals surface area (Å²) in [5.41, 5.74) is -3.04. The number of esters is 4. The van der Waals surface area contributed by atoms with Gasteiger partial charge in [0.1, 0.15) is 63.3 Å². The van der Waals surface area contributed by atoms with Gasteiger partial charge in [0.05, 0.1) is 19.8 Å². The first-order valence-corrected chi connectivity index (χ1v) is 19.5. The lowest BCUT2D eigenvalue weighted by Crippen LogP contribution is -2.43. The molecule has 22 heteroatoms. The van der Waals surface area contributed by atoms with Gasteiger partial charge in [0.25, 0.3) is 0 Å². The lowest BCUT2D eigenvalue weighted by atomic mass is 9.93. The molecule has 1 rings (SSSR count). The van der Waals surface area contributed by atoms with Gasteiger partial charge in [0.15, 0.2) is 12.9 Å². The predicted molar refractivity (Wildman–Crippen MR) is 179 cm³/mol. The number of ether oxygens (including phenoxy) is 13. The smallest absolute Gasteiger partial charge is 0.465 e. The highest BCUT2D eigenvalue weighted by atomic mass is 28.4. The Morgan fingerprint density at radius 2 is 1.26 bits per heavy atom. The molecule has 0 amide bonds. The minimum absolute atomic E-state index is 0.0303. The van der Waals surface area contributed by atoms with Crippen molar-refractivity contribution in [3.8, 4) is 0 Å². The van der Waals surface area contributed by atoms with Gasteiger partial charge in [0, 0.05) is 34.7 Å². The fourth-order valence-electron chi connectivity index (χ4n) is 4.11. The van der Waals surface area contributed by atoms with Crippen molar-refractivity contribution in [2.75, 3.05) is 99.9 Å². The van der Waals surface area contributed by atoms with E-state index in [-0.39, 0.29) is 59.1 Å². The van der Waals surface area contributed by atoms with E-state index in [0.717, 1.165) is 6.92 Å². The zero-order chi connectivity index (χ0) is 40.6. The molecule has 310 valence electrons. The summed E-state index contributed by atoms with van der Waals surface area (Å²) in [5, 5.41) is 0. The van der Waals surface area contributed by atoms with Gasteiger partial charge in [0.2, 0.25) is 8.32 Å². The highest BCUT2D eigenvalue weighted by Gasteiger charge is 2.40. The predicted octanol–water partition coefficient (Wildman–Crippen LogP) is 1.84. The number of hydrogen-bond acceptors (Lipinski definition) is 21. The lowest BCUT2D eigenvalue weighted by molar-refractivity contribution is -0.174. The van der Waals surface area contributed by atoms with E-state index in [4.69, 9.17) is 66.0 Å². The minimum atomic E-state index is -2.95. The van der Waals surface area contributed by atoms with Crippen molar-refractivity contribution in [1.29, 1.82) is 0 Å². The molecule has 0 N–H and O–H groups in total. The average molecular weight is 801 g/mol. The molecule has 0 aromatic carbocycles. The maximum atomic E-state index is 13.0. The van der Waals surface area contributed by atoms with Crippen molar-refractivity contribution in [3.63, 3.8) is 0 Å². The molecular weight excluding hydrogens is 748 g/mol. The van der Waals surface area contributed by atoms with Gasteiger partial charge in [-0.2, -0.15) is 0 Å². The number of methoxy groups -OCH3 is 2. The second kappa shape index (κ2) is 24.9. The van der Waals surface area contributed by atoms with Crippen LogP contribution in [0.3, 0.4) is 0 Å². The van der Waals surface area contributed by atoms with Crippen molar-refractivity contribution in [2.45, 2.75) is 52.8 Å². The molecule has 0 aliphatic carbocycles. The second-order valence-electron chi connectivity index (χ2n) is 12.6. The molecule has 0 saturated carbocycles. The van der Waals surface area contributed by atoms with E-state index < -0.39 is 94.2 Å². The standard InChI is InChI=1S/C32H52O21Si/c1-23(33)47-18-31(3,17-41-6)26(35)43-12-13-44-27(36)32(4,19-48-24(2)34)20-49-29(38)50-21-52-54(7,22-51-28(37)45-11-10-40-5)14-8-9-42-15-25-16-46-30(39)53-25/h25H,8-22H2,1-7H3. The van der Waals surface area contributed by atoms with E-state index >= 15 is 0 Å². The van der Waals surface area contributed by atoms with E-state index in [2.05, 4.69) is 0 Å². The molecular formula is C32H52O21Si. The Kier molecular flexibility index (Phi) is 22.1. The highest BCUT2D eigenvalue weighted by molar-refractivity contribution is 6.72. The van der Waals surface area contributed by atoms with E-state index in [1.807, 2.05) is 0 Å². The molecule has 0 spiro atoms. The first-order chi connectivity index (χ1) is 25.5. The summed E-state index contributed by atoms with van der Waals surface area (Å²) in [6, 6.07) is 0.372. The summed E-state index contributed by atoms with van der Waals surface area (Å²) in [6.07, 6.45) is -3.22. The molecule has 4 unspecified atom stereocenters. The summed E-state index contributed by atoms with van der Waals surface area (Å²) in [5.74, 6) is -3.06. The quantitative estimate of drug-likeness (QED) is 0.0378. The second-order valence-corrected chi connectivity index (χ2v) is 16.6. The fraction of sp³-hybridized carbons (Fsp3) is 0.781.